The number of carbonyl (C=O) groups excluding carboxylic acids is 2. The van der Waals surface area contributed by atoms with Crippen LogP contribution in [0.2, 0.25) is 0 Å². The average molecular weight is 492 g/mol. The lowest BCUT2D eigenvalue weighted by Gasteiger charge is -2.46. The highest BCUT2D eigenvalue weighted by Gasteiger charge is 2.60. The number of hydrogen-bond donors (Lipinski definition) is 0. The Morgan fingerprint density at radius 1 is 1.12 bits per heavy atom. The first-order chi connectivity index (χ1) is 15.4. The van der Waals surface area contributed by atoms with E-state index in [4.69, 9.17) is 4.74 Å². The van der Waals surface area contributed by atoms with Gasteiger partial charge in [-0.2, -0.15) is 0 Å². The molecule has 1 spiro atoms. The second kappa shape index (κ2) is 6.78. The predicted octanol–water partition coefficient (Wildman–Crippen LogP) is 4.79. The van der Waals surface area contributed by atoms with Crippen molar-refractivity contribution in [1.29, 1.82) is 0 Å². The van der Waals surface area contributed by atoms with Crippen molar-refractivity contribution in [3.8, 4) is 0 Å². The number of ether oxygens (including phenoxy) is 1. The van der Waals surface area contributed by atoms with Crippen LogP contribution in [0.15, 0.2) is 59.2 Å². The van der Waals surface area contributed by atoms with Crippen LogP contribution in [0.5, 0.6) is 0 Å². The Morgan fingerprint density at radius 2 is 1.84 bits per heavy atom. The van der Waals surface area contributed by atoms with Crippen LogP contribution in [0, 0.1) is 0 Å². The molecule has 2 aliphatic heterocycles. The third-order valence-electron chi connectivity index (χ3n) is 6.95. The van der Waals surface area contributed by atoms with Crippen molar-refractivity contribution in [3.63, 3.8) is 0 Å². The van der Waals surface area contributed by atoms with Gasteiger partial charge in [0.1, 0.15) is 11.0 Å². The topological polar surface area (TPSA) is 62.7 Å². The largest absolute Gasteiger partial charge is 0.443 e. The van der Waals surface area contributed by atoms with E-state index in [1.807, 2.05) is 66.6 Å². The maximum absolute atomic E-state index is 13.7. The van der Waals surface area contributed by atoms with Crippen LogP contribution in [0.25, 0.3) is 10.8 Å². The monoisotopic (exact) mass is 491 g/mol. The number of aromatic nitrogens is 1. The minimum absolute atomic E-state index is 0.0160. The van der Waals surface area contributed by atoms with Crippen LogP contribution in [-0.4, -0.2) is 40.6 Å². The van der Waals surface area contributed by atoms with Crippen LogP contribution in [0.1, 0.15) is 31.0 Å². The number of pyridine rings is 1. The Hall–Kier alpha value is -2.93. The van der Waals surface area contributed by atoms with Crippen LogP contribution >= 0.6 is 15.9 Å². The molecular weight excluding hydrogens is 470 g/mol. The molecule has 0 radical (unpaired) electrons. The van der Waals surface area contributed by atoms with E-state index >= 15 is 0 Å². The van der Waals surface area contributed by atoms with Crippen LogP contribution < -0.4 is 4.90 Å². The number of benzene rings is 2. The molecule has 3 heterocycles. The standard InChI is InChI=1S/C25H22BrN3O3/c1-24(10-11-24)32-23(31)28-14-25(15-28)18-8-4-5-9-20(18)29(22(25)30)13-19-21(26)17-7-3-2-6-16(17)12-27-19/h2-9,12H,10-11,13-15H2,1H3. The lowest BCUT2D eigenvalue weighted by atomic mass is 9.75. The van der Waals surface area contributed by atoms with E-state index in [1.165, 1.54) is 0 Å². The van der Waals surface area contributed by atoms with Crippen LogP contribution in [0.4, 0.5) is 10.5 Å². The summed E-state index contributed by atoms with van der Waals surface area (Å²) < 4.78 is 6.50. The summed E-state index contributed by atoms with van der Waals surface area (Å²) in [5.41, 5.74) is 1.65. The molecule has 6 rings (SSSR count). The number of hydrogen-bond acceptors (Lipinski definition) is 4. The van der Waals surface area contributed by atoms with E-state index in [1.54, 1.807) is 4.90 Å². The summed E-state index contributed by atoms with van der Waals surface area (Å²) in [6, 6.07) is 15.9. The van der Waals surface area contributed by atoms with Gasteiger partial charge in [-0.1, -0.05) is 42.5 Å². The summed E-state index contributed by atoms with van der Waals surface area (Å²) in [6.45, 7) is 3.01. The molecule has 2 amide bonds. The van der Waals surface area contributed by atoms with E-state index < -0.39 is 5.41 Å². The van der Waals surface area contributed by atoms with Crippen molar-refractivity contribution in [2.75, 3.05) is 18.0 Å². The van der Waals surface area contributed by atoms with Gasteiger partial charge < -0.3 is 14.5 Å². The fraction of sp³-hybridized carbons (Fsp3) is 0.320. The normalized spacial score (nSPS) is 19.8. The van der Waals surface area contributed by atoms with E-state index in [0.717, 1.165) is 45.0 Å². The Morgan fingerprint density at radius 3 is 2.62 bits per heavy atom. The second-order valence-electron chi connectivity index (χ2n) is 9.27. The summed E-state index contributed by atoms with van der Waals surface area (Å²) in [5, 5.41) is 2.11. The molecule has 2 aromatic carbocycles. The lowest BCUT2D eigenvalue weighted by molar-refractivity contribution is -0.128. The summed E-state index contributed by atoms with van der Waals surface area (Å²) in [5.74, 6) is 0.0160. The zero-order valence-corrected chi connectivity index (χ0v) is 19.3. The molecule has 1 saturated heterocycles. The molecule has 162 valence electrons. The molecule has 7 heteroatoms. The minimum Gasteiger partial charge on any atom is -0.443 e. The smallest absolute Gasteiger partial charge is 0.410 e. The van der Waals surface area contributed by atoms with Gasteiger partial charge in [0.15, 0.2) is 0 Å². The van der Waals surface area contributed by atoms with Crippen molar-refractivity contribution in [2.45, 2.75) is 37.3 Å². The van der Waals surface area contributed by atoms with Crippen LogP contribution in [0.3, 0.4) is 0 Å². The maximum atomic E-state index is 13.7. The number of rotatable bonds is 3. The SMILES string of the molecule is CC1(OC(=O)N2CC3(C2)C(=O)N(Cc2ncc4ccccc4c2Br)c2ccccc23)CC1. The fourth-order valence-corrected chi connectivity index (χ4v) is 5.36. The number of amides is 2. The molecule has 1 saturated carbocycles. The van der Waals surface area contributed by atoms with Crippen molar-refractivity contribution < 1.29 is 14.3 Å². The molecule has 0 atom stereocenters. The quantitative estimate of drug-likeness (QED) is 0.528. The van der Waals surface area contributed by atoms with Gasteiger partial charge in [0.05, 0.1) is 12.2 Å². The lowest BCUT2D eigenvalue weighted by Crippen LogP contribution is -2.65. The molecule has 0 bridgehead atoms. The number of likely N-dealkylation sites (tertiary alicyclic amines) is 1. The Balaban J connectivity index is 1.30. The van der Waals surface area contributed by atoms with E-state index in [-0.39, 0.29) is 17.6 Å². The van der Waals surface area contributed by atoms with Gasteiger partial charge in [-0.05, 0) is 52.7 Å². The number of para-hydroxylation sites is 1. The zero-order valence-electron chi connectivity index (χ0n) is 17.7. The molecule has 3 aliphatic rings. The highest BCUT2D eigenvalue weighted by molar-refractivity contribution is 9.10. The maximum Gasteiger partial charge on any atom is 0.410 e. The minimum atomic E-state index is -0.705. The first-order valence-corrected chi connectivity index (χ1v) is 11.6. The van der Waals surface area contributed by atoms with Crippen molar-refractivity contribution in [1.82, 2.24) is 9.88 Å². The average Bonchev–Trinajstić information content (AvgIpc) is 3.43. The summed E-state index contributed by atoms with van der Waals surface area (Å²) in [6.07, 6.45) is 3.33. The first-order valence-electron chi connectivity index (χ1n) is 10.8. The highest BCUT2D eigenvalue weighted by Crippen LogP contribution is 2.49. The van der Waals surface area contributed by atoms with Gasteiger partial charge in [0, 0.05) is 34.8 Å². The zero-order chi connectivity index (χ0) is 22.1. The molecule has 0 N–H and O–H groups in total. The van der Waals surface area contributed by atoms with Gasteiger partial charge in [-0.15, -0.1) is 0 Å². The molecule has 6 nitrogen and oxygen atoms in total. The first kappa shape index (κ1) is 19.7. The molecule has 3 aromatic rings. The molecule has 32 heavy (non-hydrogen) atoms. The Bertz CT molecular complexity index is 1280. The van der Waals surface area contributed by atoms with Gasteiger partial charge >= 0.3 is 6.09 Å². The second-order valence-corrected chi connectivity index (χ2v) is 10.1. The molecule has 1 aliphatic carbocycles. The van der Waals surface area contributed by atoms with Gasteiger partial charge in [-0.3, -0.25) is 9.78 Å². The van der Waals surface area contributed by atoms with E-state index in [9.17, 15) is 9.59 Å². The fourth-order valence-electron chi connectivity index (χ4n) is 4.78. The van der Waals surface area contributed by atoms with Gasteiger partial charge in [-0.25, -0.2) is 4.79 Å². The van der Waals surface area contributed by atoms with Gasteiger partial charge in [0.25, 0.3) is 0 Å². The molecule has 1 aromatic heterocycles. The number of fused-ring (bicyclic) bond motifs is 3. The number of carbonyl (C=O) groups is 2. The predicted molar refractivity (Wildman–Crippen MR) is 124 cm³/mol. The highest BCUT2D eigenvalue weighted by atomic mass is 79.9. The van der Waals surface area contributed by atoms with E-state index in [2.05, 4.69) is 20.9 Å². The van der Waals surface area contributed by atoms with E-state index in [0.29, 0.717) is 19.6 Å². The molecule has 0 unspecified atom stereocenters. The van der Waals surface area contributed by atoms with Crippen molar-refractivity contribution >= 4 is 44.4 Å². The van der Waals surface area contributed by atoms with Crippen molar-refractivity contribution in [2.24, 2.45) is 0 Å². The summed E-state index contributed by atoms with van der Waals surface area (Å²) in [7, 11) is 0. The summed E-state index contributed by atoms with van der Waals surface area (Å²) in [4.78, 5) is 34.3. The molecule has 2 fully saturated rings. The number of nitrogens with zero attached hydrogens (tertiary/aromatic N) is 3. The number of halogens is 1. The third-order valence-corrected chi connectivity index (χ3v) is 7.84. The molecular formula is C25H22BrN3O3. The van der Waals surface area contributed by atoms with Crippen LogP contribution in [-0.2, 0) is 21.5 Å². The Labute approximate surface area is 194 Å². The summed E-state index contributed by atoms with van der Waals surface area (Å²) >= 11 is 3.70. The number of anilines is 1. The van der Waals surface area contributed by atoms with Gasteiger partial charge in [0.2, 0.25) is 5.91 Å². The third kappa shape index (κ3) is 2.87. The Kier molecular flexibility index (Phi) is 4.18. The van der Waals surface area contributed by atoms with Crippen molar-refractivity contribution in [3.05, 3.63) is 70.5 Å².